The van der Waals surface area contributed by atoms with Gasteiger partial charge in [0.25, 0.3) is 0 Å². The monoisotopic (exact) mass is 408 g/mol. The largest absolute Gasteiger partial charge is 0.465 e. The van der Waals surface area contributed by atoms with Gasteiger partial charge in [-0.3, -0.25) is 14.4 Å². The Hall–Kier alpha value is -1.69. The lowest BCUT2D eigenvalue weighted by molar-refractivity contribution is -0.166. The average molecular weight is 409 g/mol. The van der Waals surface area contributed by atoms with Crippen molar-refractivity contribution in [1.82, 2.24) is 0 Å². The first-order valence-electron chi connectivity index (χ1n) is 8.41. The second kappa shape index (κ2) is 5.66. The summed E-state index contributed by atoms with van der Waals surface area (Å²) in [4.78, 5) is 38.9. The Morgan fingerprint density at radius 3 is 2.32 bits per heavy atom. The molecule has 0 spiro atoms. The average Bonchev–Trinajstić information content (AvgIpc) is 3.15. The Bertz CT molecular complexity index is 754. The van der Waals surface area contributed by atoms with Crippen molar-refractivity contribution in [3.63, 3.8) is 0 Å². The number of fused-ring (bicyclic) bond motifs is 1. The lowest BCUT2D eigenvalue weighted by Crippen LogP contribution is -2.40. The molecular formula is C19H21BrO5. The highest BCUT2D eigenvalue weighted by Gasteiger charge is 2.95. The predicted molar refractivity (Wildman–Crippen MR) is 93.9 cm³/mol. The lowest BCUT2D eigenvalue weighted by atomic mass is 9.81. The molecule has 0 aromatic heterocycles. The van der Waals surface area contributed by atoms with Gasteiger partial charge < -0.3 is 9.47 Å². The highest BCUT2D eigenvalue weighted by Crippen LogP contribution is 2.80. The fourth-order valence-electron chi connectivity index (χ4n) is 4.77. The number of benzene rings is 1. The molecule has 0 N–H and O–H groups in total. The second-order valence-electron chi connectivity index (χ2n) is 7.12. The summed E-state index contributed by atoms with van der Waals surface area (Å²) >= 11 is 3.35. The van der Waals surface area contributed by atoms with Gasteiger partial charge in [-0.15, -0.1) is 0 Å². The molecule has 6 heteroatoms. The molecule has 1 saturated carbocycles. The number of carbonyl (C=O) groups excluding carboxylic acids is 3. The van der Waals surface area contributed by atoms with E-state index >= 15 is 0 Å². The van der Waals surface area contributed by atoms with E-state index in [-0.39, 0.29) is 12.4 Å². The summed E-state index contributed by atoms with van der Waals surface area (Å²) < 4.78 is 11.5. The van der Waals surface area contributed by atoms with Crippen LogP contribution >= 0.6 is 15.9 Å². The van der Waals surface area contributed by atoms with Gasteiger partial charge in [-0.25, -0.2) is 0 Å². The van der Waals surface area contributed by atoms with Crippen LogP contribution in [0.1, 0.15) is 44.5 Å². The van der Waals surface area contributed by atoms with Crippen LogP contribution in [-0.4, -0.2) is 29.9 Å². The lowest BCUT2D eigenvalue weighted by Gasteiger charge is -2.28. The van der Waals surface area contributed by atoms with Gasteiger partial charge in [0.1, 0.15) is 5.60 Å². The van der Waals surface area contributed by atoms with E-state index in [1.807, 2.05) is 6.92 Å². The van der Waals surface area contributed by atoms with Crippen molar-refractivity contribution in [1.29, 1.82) is 0 Å². The van der Waals surface area contributed by atoms with Crippen LogP contribution in [0.3, 0.4) is 0 Å². The highest BCUT2D eigenvalue weighted by molar-refractivity contribution is 9.10. The van der Waals surface area contributed by atoms with Gasteiger partial charge in [0.2, 0.25) is 0 Å². The molecule has 2 fully saturated rings. The Kier molecular flexibility index (Phi) is 4.10. The number of ketones is 1. The topological polar surface area (TPSA) is 69.7 Å². The van der Waals surface area contributed by atoms with E-state index in [9.17, 15) is 14.4 Å². The number of hydrogen-bond donors (Lipinski definition) is 0. The zero-order valence-corrected chi connectivity index (χ0v) is 16.3. The van der Waals surface area contributed by atoms with Crippen molar-refractivity contribution in [2.24, 2.45) is 16.7 Å². The predicted octanol–water partition coefficient (Wildman–Crippen LogP) is 3.54. The van der Waals surface area contributed by atoms with Crippen LogP contribution in [0.2, 0.25) is 0 Å². The van der Waals surface area contributed by atoms with E-state index < -0.39 is 34.3 Å². The normalized spacial score (nSPS) is 31.9. The summed E-state index contributed by atoms with van der Waals surface area (Å²) in [6.07, 6.45) is 0.365. The summed E-state index contributed by atoms with van der Waals surface area (Å²) in [5.74, 6) is -2.03. The molecule has 3 atom stereocenters. The molecule has 1 aliphatic heterocycles. The summed E-state index contributed by atoms with van der Waals surface area (Å²) in [7, 11) is 0. The van der Waals surface area contributed by atoms with E-state index in [0.717, 1.165) is 4.47 Å². The third kappa shape index (κ3) is 2.09. The van der Waals surface area contributed by atoms with Gasteiger partial charge in [0.05, 0.1) is 12.0 Å². The van der Waals surface area contributed by atoms with Crippen molar-refractivity contribution >= 4 is 33.7 Å². The first-order valence-corrected chi connectivity index (χ1v) is 9.20. The van der Waals surface area contributed by atoms with E-state index in [0.29, 0.717) is 12.0 Å². The minimum atomic E-state index is -1.54. The number of Topliss-reactive ketones (excluding diaryl/α,β-unsaturated/α-hetero) is 1. The van der Waals surface area contributed by atoms with Crippen LogP contribution < -0.4 is 0 Å². The number of carbonyl (C=O) groups is 3. The molecule has 1 aromatic carbocycles. The molecule has 134 valence electrons. The smallest absolute Gasteiger partial charge is 0.325 e. The van der Waals surface area contributed by atoms with Crippen molar-refractivity contribution in [3.05, 3.63) is 34.3 Å². The van der Waals surface area contributed by atoms with E-state index in [1.165, 1.54) is 0 Å². The van der Waals surface area contributed by atoms with E-state index in [1.54, 1.807) is 45.0 Å². The quantitative estimate of drug-likeness (QED) is 0.423. The van der Waals surface area contributed by atoms with Crippen molar-refractivity contribution in [3.8, 4) is 0 Å². The number of esters is 2. The van der Waals surface area contributed by atoms with Crippen molar-refractivity contribution in [2.45, 2.75) is 39.7 Å². The fourth-order valence-corrected chi connectivity index (χ4v) is 5.03. The molecule has 5 nitrogen and oxygen atoms in total. The third-order valence-corrected chi connectivity index (χ3v) is 6.11. The van der Waals surface area contributed by atoms with Crippen LogP contribution in [-0.2, 0) is 19.1 Å². The van der Waals surface area contributed by atoms with Gasteiger partial charge in [0.15, 0.2) is 11.2 Å². The van der Waals surface area contributed by atoms with Crippen LogP contribution in [0.5, 0.6) is 0 Å². The molecule has 1 aliphatic carbocycles. The standard InChI is InChI=1S/C19H21BrO5/c1-5-18(13(21)11-7-9-12(20)10-8-11)14-17(3,4)25-16(23)19(14,18)15(22)24-6-2/h7-10,14H,5-6H2,1-4H3/t14-,18+,19-/m1/s1. The van der Waals surface area contributed by atoms with Crippen LogP contribution in [0.15, 0.2) is 28.7 Å². The van der Waals surface area contributed by atoms with E-state index in [2.05, 4.69) is 15.9 Å². The zero-order chi connectivity index (χ0) is 18.6. The molecule has 25 heavy (non-hydrogen) atoms. The minimum Gasteiger partial charge on any atom is -0.465 e. The molecule has 1 saturated heterocycles. The molecular weight excluding hydrogens is 388 g/mol. The van der Waals surface area contributed by atoms with Gasteiger partial charge in [-0.05, 0) is 39.3 Å². The van der Waals surface area contributed by atoms with Crippen molar-refractivity contribution < 1.29 is 23.9 Å². The SMILES string of the molecule is CCOC(=O)[C@@]12C(=O)OC(C)(C)[C@@H]1[C@]2(CC)C(=O)c1ccc(Br)cc1. The molecule has 3 rings (SSSR count). The van der Waals surface area contributed by atoms with Gasteiger partial charge in [-0.1, -0.05) is 35.0 Å². The molecule has 2 aliphatic rings. The van der Waals surface area contributed by atoms with E-state index in [4.69, 9.17) is 9.47 Å². The summed E-state index contributed by atoms with van der Waals surface area (Å²) in [6, 6.07) is 6.95. The summed E-state index contributed by atoms with van der Waals surface area (Å²) in [5, 5.41) is 0. The Balaban J connectivity index is 2.14. The van der Waals surface area contributed by atoms with Crippen LogP contribution in [0.4, 0.5) is 0 Å². The maximum absolute atomic E-state index is 13.4. The van der Waals surface area contributed by atoms with Gasteiger partial charge in [-0.2, -0.15) is 0 Å². The maximum atomic E-state index is 13.4. The molecule has 0 radical (unpaired) electrons. The number of hydrogen-bond acceptors (Lipinski definition) is 5. The van der Waals surface area contributed by atoms with Gasteiger partial charge in [0, 0.05) is 16.0 Å². The maximum Gasteiger partial charge on any atom is 0.325 e. The van der Waals surface area contributed by atoms with Gasteiger partial charge >= 0.3 is 11.9 Å². The zero-order valence-electron chi connectivity index (χ0n) is 14.7. The second-order valence-corrected chi connectivity index (χ2v) is 8.03. The Labute approximate surface area is 155 Å². The minimum absolute atomic E-state index is 0.146. The number of cyclic esters (lactones) is 1. The van der Waals surface area contributed by atoms with Crippen LogP contribution in [0, 0.1) is 16.7 Å². The Morgan fingerprint density at radius 1 is 1.20 bits per heavy atom. The number of halogens is 1. The summed E-state index contributed by atoms with van der Waals surface area (Å²) in [5.41, 5.74) is -3.07. The third-order valence-electron chi connectivity index (χ3n) is 5.59. The molecule has 1 aromatic rings. The molecule has 0 bridgehead atoms. The molecule has 1 heterocycles. The summed E-state index contributed by atoms with van der Waals surface area (Å²) in [6.45, 7) is 7.17. The number of rotatable bonds is 5. The fraction of sp³-hybridized carbons (Fsp3) is 0.526. The molecule has 0 amide bonds. The first-order chi connectivity index (χ1) is 11.7. The Morgan fingerprint density at radius 2 is 1.80 bits per heavy atom. The highest BCUT2D eigenvalue weighted by atomic mass is 79.9. The molecule has 0 unspecified atom stereocenters. The number of ether oxygens (including phenoxy) is 2. The van der Waals surface area contributed by atoms with Crippen molar-refractivity contribution in [2.75, 3.05) is 6.61 Å². The van der Waals surface area contributed by atoms with Crippen LogP contribution in [0.25, 0.3) is 0 Å². The first kappa shape index (κ1) is 18.1.